The second-order valence-electron chi connectivity index (χ2n) is 6.26. The Morgan fingerprint density at radius 3 is 2.54 bits per heavy atom. The van der Waals surface area contributed by atoms with Gasteiger partial charge in [0.05, 0.1) is 18.1 Å². The minimum absolute atomic E-state index is 0.0398. The van der Waals surface area contributed by atoms with Crippen LogP contribution < -0.4 is 15.4 Å². The maximum absolute atomic E-state index is 11.4. The van der Waals surface area contributed by atoms with Crippen LogP contribution in [0, 0.1) is 0 Å². The number of nitrogens with zero attached hydrogens (tertiary/aromatic N) is 2. The van der Waals surface area contributed by atoms with E-state index in [4.69, 9.17) is 16.3 Å². The Bertz CT molecular complexity index is 680. The minimum atomic E-state index is -2.83. The molecule has 1 saturated heterocycles. The normalized spacial score (nSPS) is 19.0. The van der Waals surface area contributed by atoms with Gasteiger partial charge in [-0.15, -0.1) is 0 Å². The highest BCUT2D eigenvalue weighted by molar-refractivity contribution is 7.91. The van der Waals surface area contributed by atoms with Crippen molar-refractivity contribution in [2.45, 2.75) is 13.0 Å². The van der Waals surface area contributed by atoms with Crippen LogP contribution in [0.4, 0.5) is 0 Å². The van der Waals surface area contributed by atoms with E-state index < -0.39 is 9.84 Å². The Morgan fingerprint density at radius 1 is 1.27 bits per heavy atom. The summed E-state index contributed by atoms with van der Waals surface area (Å²) in [5.74, 6) is 1.96. The summed E-state index contributed by atoms with van der Waals surface area (Å²) in [4.78, 5) is 6.34. The largest absolute Gasteiger partial charge is 0.489 e. The van der Waals surface area contributed by atoms with Crippen LogP contribution in [-0.4, -0.2) is 76.7 Å². The summed E-state index contributed by atoms with van der Waals surface area (Å²) in [6, 6.07) is 7.27. The molecule has 0 bridgehead atoms. The second-order valence-corrected chi connectivity index (χ2v) is 9.00. The number of sulfone groups is 1. The lowest BCUT2D eigenvalue weighted by atomic mass is 10.3. The lowest BCUT2D eigenvalue weighted by Gasteiger charge is -2.26. The Balaban J connectivity index is 1.65. The molecule has 0 spiro atoms. The molecular weight excluding hydrogens is 376 g/mol. The first-order valence-electron chi connectivity index (χ1n) is 8.67. The fourth-order valence-electron chi connectivity index (χ4n) is 2.55. The average Bonchev–Trinajstić information content (AvgIpc) is 2.61. The van der Waals surface area contributed by atoms with E-state index in [1.165, 1.54) is 0 Å². The van der Waals surface area contributed by atoms with Crippen molar-refractivity contribution in [2.75, 3.05) is 51.3 Å². The number of hydrogen-bond donors (Lipinski definition) is 2. The standard InChI is InChI=1S/C17H27ClN4O3S/c1-14(25-16-5-3-15(18)4-6-16)13-21-17(19-2)20-7-8-22-9-11-26(23,24)12-10-22/h3-6,14H,7-13H2,1-2H3,(H2,19,20,21). The SMILES string of the molecule is CN=C(NCCN1CCS(=O)(=O)CC1)NCC(C)Oc1ccc(Cl)cc1. The van der Waals surface area contributed by atoms with Crippen LogP contribution in [-0.2, 0) is 9.84 Å². The van der Waals surface area contributed by atoms with Gasteiger partial charge in [0.15, 0.2) is 15.8 Å². The van der Waals surface area contributed by atoms with Gasteiger partial charge in [-0.1, -0.05) is 11.6 Å². The van der Waals surface area contributed by atoms with Crippen LogP contribution in [0.2, 0.25) is 5.02 Å². The van der Waals surface area contributed by atoms with Crippen molar-refractivity contribution in [1.82, 2.24) is 15.5 Å². The van der Waals surface area contributed by atoms with Crippen molar-refractivity contribution in [3.05, 3.63) is 29.3 Å². The maximum Gasteiger partial charge on any atom is 0.191 e. The fourth-order valence-corrected chi connectivity index (χ4v) is 3.96. The minimum Gasteiger partial charge on any atom is -0.489 e. The lowest BCUT2D eigenvalue weighted by Crippen LogP contribution is -2.47. The highest BCUT2D eigenvalue weighted by Crippen LogP contribution is 2.16. The van der Waals surface area contributed by atoms with Crippen molar-refractivity contribution in [3.8, 4) is 5.75 Å². The van der Waals surface area contributed by atoms with Gasteiger partial charge in [0.2, 0.25) is 0 Å². The van der Waals surface area contributed by atoms with Gasteiger partial charge in [0, 0.05) is 38.2 Å². The van der Waals surface area contributed by atoms with E-state index in [9.17, 15) is 8.42 Å². The third-order valence-electron chi connectivity index (χ3n) is 4.09. The Kier molecular flexibility index (Phi) is 7.99. The predicted molar refractivity (Wildman–Crippen MR) is 106 cm³/mol. The predicted octanol–water partition coefficient (Wildman–Crippen LogP) is 1.00. The van der Waals surface area contributed by atoms with E-state index in [1.54, 1.807) is 19.2 Å². The highest BCUT2D eigenvalue weighted by atomic mass is 35.5. The highest BCUT2D eigenvalue weighted by Gasteiger charge is 2.20. The fraction of sp³-hybridized carbons (Fsp3) is 0.588. The van der Waals surface area contributed by atoms with E-state index in [-0.39, 0.29) is 17.6 Å². The molecule has 1 aliphatic rings. The van der Waals surface area contributed by atoms with Gasteiger partial charge in [-0.3, -0.25) is 9.89 Å². The first kappa shape index (κ1) is 20.8. The molecule has 9 heteroatoms. The zero-order chi connectivity index (χ0) is 19.0. The van der Waals surface area contributed by atoms with Crippen molar-refractivity contribution < 1.29 is 13.2 Å². The second kappa shape index (κ2) is 9.99. The molecule has 1 aromatic rings. The van der Waals surface area contributed by atoms with Gasteiger partial charge >= 0.3 is 0 Å². The number of hydrogen-bond acceptors (Lipinski definition) is 5. The third-order valence-corrected chi connectivity index (χ3v) is 5.95. The topological polar surface area (TPSA) is 83.0 Å². The van der Waals surface area contributed by atoms with E-state index in [0.717, 1.165) is 12.3 Å². The van der Waals surface area contributed by atoms with Crippen LogP contribution in [0.15, 0.2) is 29.3 Å². The first-order valence-corrected chi connectivity index (χ1v) is 10.9. The molecule has 0 radical (unpaired) electrons. The van der Waals surface area contributed by atoms with Crippen LogP contribution in [0.5, 0.6) is 5.75 Å². The van der Waals surface area contributed by atoms with Crippen molar-refractivity contribution >= 4 is 27.4 Å². The summed E-state index contributed by atoms with van der Waals surface area (Å²) >= 11 is 5.86. The molecule has 0 saturated carbocycles. The molecule has 2 N–H and O–H groups in total. The number of guanidine groups is 1. The summed E-state index contributed by atoms with van der Waals surface area (Å²) in [6.45, 7) is 5.26. The zero-order valence-corrected chi connectivity index (χ0v) is 16.8. The number of nitrogens with one attached hydrogen (secondary N) is 2. The summed E-state index contributed by atoms with van der Waals surface area (Å²) in [7, 11) is -1.11. The molecule has 1 unspecified atom stereocenters. The molecule has 0 aliphatic carbocycles. The molecule has 0 amide bonds. The summed E-state index contributed by atoms with van der Waals surface area (Å²) < 4.78 is 28.7. The van der Waals surface area contributed by atoms with Gasteiger partial charge in [0.1, 0.15) is 11.9 Å². The number of rotatable bonds is 7. The van der Waals surface area contributed by atoms with Gasteiger partial charge < -0.3 is 15.4 Å². The van der Waals surface area contributed by atoms with Crippen molar-refractivity contribution in [2.24, 2.45) is 4.99 Å². The van der Waals surface area contributed by atoms with Crippen molar-refractivity contribution in [1.29, 1.82) is 0 Å². The van der Waals surface area contributed by atoms with Crippen LogP contribution in [0.25, 0.3) is 0 Å². The number of halogens is 1. The molecule has 2 rings (SSSR count). The molecule has 1 atom stereocenters. The Hall–Kier alpha value is -1.51. The van der Waals surface area contributed by atoms with Crippen molar-refractivity contribution in [3.63, 3.8) is 0 Å². The van der Waals surface area contributed by atoms with Gasteiger partial charge in [-0.05, 0) is 31.2 Å². The average molecular weight is 403 g/mol. The maximum atomic E-state index is 11.4. The third kappa shape index (κ3) is 7.39. The monoisotopic (exact) mass is 402 g/mol. The first-order chi connectivity index (χ1) is 12.4. The summed E-state index contributed by atoms with van der Waals surface area (Å²) in [5.41, 5.74) is 0. The molecule has 146 valence electrons. The van der Waals surface area contributed by atoms with Crippen LogP contribution in [0.3, 0.4) is 0 Å². The number of ether oxygens (including phenoxy) is 1. The van der Waals surface area contributed by atoms with E-state index >= 15 is 0 Å². The van der Waals surface area contributed by atoms with Gasteiger partial charge in [-0.25, -0.2) is 8.42 Å². The van der Waals surface area contributed by atoms with Crippen LogP contribution >= 0.6 is 11.6 Å². The Morgan fingerprint density at radius 2 is 1.92 bits per heavy atom. The van der Waals surface area contributed by atoms with E-state index in [2.05, 4.69) is 20.5 Å². The zero-order valence-electron chi connectivity index (χ0n) is 15.2. The smallest absolute Gasteiger partial charge is 0.191 e. The summed E-state index contributed by atoms with van der Waals surface area (Å²) in [5, 5.41) is 7.14. The molecule has 26 heavy (non-hydrogen) atoms. The number of benzene rings is 1. The molecule has 1 aromatic carbocycles. The lowest BCUT2D eigenvalue weighted by molar-refractivity contribution is 0.223. The molecular formula is C17H27ClN4O3S. The molecule has 1 aliphatic heterocycles. The molecule has 7 nitrogen and oxygen atoms in total. The quantitative estimate of drug-likeness (QED) is 0.523. The van der Waals surface area contributed by atoms with E-state index in [0.29, 0.717) is 37.2 Å². The van der Waals surface area contributed by atoms with Gasteiger partial charge in [-0.2, -0.15) is 0 Å². The van der Waals surface area contributed by atoms with Gasteiger partial charge in [0.25, 0.3) is 0 Å². The van der Waals surface area contributed by atoms with Crippen LogP contribution in [0.1, 0.15) is 6.92 Å². The van der Waals surface area contributed by atoms with E-state index in [1.807, 2.05) is 19.1 Å². The molecule has 1 heterocycles. The summed E-state index contributed by atoms with van der Waals surface area (Å²) in [6.07, 6.45) is -0.0398. The Labute approximate surface area is 160 Å². The number of aliphatic imine (C=N–C) groups is 1. The molecule has 0 aromatic heterocycles. The molecule has 1 fully saturated rings.